The van der Waals surface area contributed by atoms with Crippen LogP contribution in [0.15, 0.2) is 48.5 Å². The van der Waals surface area contributed by atoms with Gasteiger partial charge in [-0.3, -0.25) is 9.59 Å². The molecule has 3 N–H and O–H groups in total. The summed E-state index contributed by atoms with van der Waals surface area (Å²) in [6.07, 6.45) is -0.557. The van der Waals surface area contributed by atoms with Gasteiger partial charge in [-0.25, -0.2) is 4.79 Å². The maximum absolute atomic E-state index is 12.7. The number of carbonyl (C=O) groups is 3. The SMILES string of the molecule is COC[C@H](NC(=O)OCC1c2ccccc2-c2ccccc21)C(=O)NC(C)(C)CCC(=O)O. The van der Waals surface area contributed by atoms with Crippen LogP contribution >= 0.6 is 0 Å². The molecule has 33 heavy (non-hydrogen) atoms. The molecule has 0 saturated heterocycles. The zero-order chi connectivity index (χ0) is 24.0. The lowest BCUT2D eigenvalue weighted by Crippen LogP contribution is -2.55. The zero-order valence-electron chi connectivity index (χ0n) is 19.1. The summed E-state index contributed by atoms with van der Waals surface area (Å²) in [6.45, 7) is 3.53. The van der Waals surface area contributed by atoms with Crippen LogP contribution in [-0.2, 0) is 19.1 Å². The van der Waals surface area contributed by atoms with Crippen molar-refractivity contribution in [1.82, 2.24) is 10.6 Å². The smallest absolute Gasteiger partial charge is 0.407 e. The van der Waals surface area contributed by atoms with Gasteiger partial charge in [0.25, 0.3) is 0 Å². The van der Waals surface area contributed by atoms with Crippen molar-refractivity contribution < 1.29 is 29.0 Å². The maximum atomic E-state index is 12.7. The standard InChI is InChI=1S/C25H30N2O6/c1-25(2,13-12-22(28)29)27-23(30)21(15-32-3)26-24(31)33-14-20-18-10-6-4-8-16(18)17-9-5-7-11-19(17)20/h4-11,20-21H,12-15H2,1-3H3,(H,26,31)(H,27,30)(H,28,29)/t21-/m0/s1. The quantitative estimate of drug-likeness (QED) is 0.508. The Hall–Kier alpha value is -3.39. The molecule has 0 radical (unpaired) electrons. The van der Waals surface area contributed by atoms with E-state index >= 15 is 0 Å². The van der Waals surface area contributed by atoms with E-state index in [1.165, 1.54) is 7.11 Å². The van der Waals surface area contributed by atoms with Gasteiger partial charge in [0.1, 0.15) is 12.6 Å². The van der Waals surface area contributed by atoms with Crippen LogP contribution in [0.25, 0.3) is 11.1 Å². The molecule has 3 rings (SSSR count). The second kappa shape index (κ2) is 10.5. The van der Waals surface area contributed by atoms with E-state index in [1.54, 1.807) is 13.8 Å². The number of benzene rings is 2. The van der Waals surface area contributed by atoms with E-state index in [0.29, 0.717) is 0 Å². The van der Waals surface area contributed by atoms with Gasteiger partial charge >= 0.3 is 12.1 Å². The lowest BCUT2D eigenvalue weighted by molar-refractivity contribution is -0.138. The third-order valence-electron chi connectivity index (χ3n) is 5.71. The summed E-state index contributed by atoms with van der Waals surface area (Å²) in [6, 6.07) is 15.1. The summed E-state index contributed by atoms with van der Waals surface area (Å²) >= 11 is 0. The summed E-state index contributed by atoms with van der Waals surface area (Å²) in [7, 11) is 1.43. The number of nitrogens with one attached hydrogen (secondary N) is 2. The average molecular weight is 455 g/mol. The number of alkyl carbamates (subject to hydrolysis) is 1. The van der Waals surface area contributed by atoms with Crippen LogP contribution in [0.1, 0.15) is 43.7 Å². The first kappa shape index (κ1) is 24.3. The van der Waals surface area contributed by atoms with E-state index in [9.17, 15) is 14.4 Å². The lowest BCUT2D eigenvalue weighted by atomic mass is 9.98. The Balaban J connectivity index is 1.61. The molecule has 176 valence electrons. The van der Waals surface area contributed by atoms with Crippen molar-refractivity contribution in [2.75, 3.05) is 20.3 Å². The minimum Gasteiger partial charge on any atom is -0.481 e. The number of carboxylic acids is 1. The molecule has 0 unspecified atom stereocenters. The zero-order valence-corrected chi connectivity index (χ0v) is 19.1. The van der Waals surface area contributed by atoms with Gasteiger partial charge < -0.3 is 25.2 Å². The van der Waals surface area contributed by atoms with Crippen LogP contribution < -0.4 is 10.6 Å². The number of carbonyl (C=O) groups excluding carboxylic acids is 2. The highest BCUT2D eigenvalue weighted by atomic mass is 16.5. The van der Waals surface area contributed by atoms with E-state index in [2.05, 4.69) is 22.8 Å². The normalized spacial score (nSPS) is 13.5. The second-order valence-corrected chi connectivity index (χ2v) is 8.74. The molecule has 0 bridgehead atoms. The molecular formula is C25H30N2O6. The largest absolute Gasteiger partial charge is 0.481 e. The highest BCUT2D eigenvalue weighted by Crippen LogP contribution is 2.44. The molecule has 2 aromatic rings. The molecule has 0 fully saturated rings. The fourth-order valence-corrected chi connectivity index (χ4v) is 4.03. The van der Waals surface area contributed by atoms with E-state index in [4.69, 9.17) is 14.6 Å². The van der Waals surface area contributed by atoms with Crippen molar-refractivity contribution in [2.24, 2.45) is 0 Å². The molecule has 0 heterocycles. The van der Waals surface area contributed by atoms with Crippen molar-refractivity contribution in [3.8, 4) is 11.1 Å². The molecule has 1 aliphatic rings. The Kier molecular flexibility index (Phi) is 7.71. The molecule has 0 aliphatic heterocycles. The summed E-state index contributed by atoms with van der Waals surface area (Å²) in [5, 5.41) is 14.2. The van der Waals surface area contributed by atoms with Crippen LogP contribution in [0.3, 0.4) is 0 Å². The first-order valence-electron chi connectivity index (χ1n) is 10.9. The molecule has 0 aromatic heterocycles. The number of methoxy groups -OCH3 is 1. The molecule has 1 aliphatic carbocycles. The number of carboxylic acid groups (broad SMARTS) is 1. The Bertz CT molecular complexity index is 974. The molecule has 0 saturated carbocycles. The minimum atomic E-state index is -0.977. The van der Waals surface area contributed by atoms with E-state index in [1.807, 2.05) is 36.4 Å². The molecule has 1 atom stereocenters. The molecule has 2 aromatic carbocycles. The van der Waals surface area contributed by atoms with E-state index in [-0.39, 0.29) is 32.0 Å². The Morgan fingerprint density at radius 2 is 1.61 bits per heavy atom. The predicted octanol–water partition coefficient (Wildman–Crippen LogP) is 3.30. The maximum Gasteiger partial charge on any atom is 0.407 e. The van der Waals surface area contributed by atoms with E-state index < -0.39 is 29.6 Å². The fraction of sp³-hybridized carbons (Fsp3) is 0.400. The Morgan fingerprint density at radius 3 is 2.15 bits per heavy atom. The van der Waals surface area contributed by atoms with Crippen molar-refractivity contribution in [3.63, 3.8) is 0 Å². The minimum absolute atomic E-state index is 0.0506. The topological polar surface area (TPSA) is 114 Å². The van der Waals surface area contributed by atoms with Gasteiger partial charge in [0.05, 0.1) is 6.61 Å². The number of hydrogen-bond donors (Lipinski definition) is 3. The molecule has 8 heteroatoms. The first-order valence-corrected chi connectivity index (χ1v) is 10.9. The van der Waals surface area contributed by atoms with E-state index in [0.717, 1.165) is 22.3 Å². The summed E-state index contributed by atoms with van der Waals surface area (Å²) in [5.41, 5.74) is 3.69. The van der Waals surface area contributed by atoms with Crippen LogP contribution in [0.5, 0.6) is 0 Å². The van der Waals surface area contributed by atoms with Crippen molar-refractivity contribution in [2.45, 2.75) is 44.2 Å². The third-order valence-corrected chi connectivity index (χ3v) is 5.71. The van der Waals surface area contributed by atoms with Gasteiger partial charge in [-0.1, -0.05) is 48.5 Å². The number of fused-ring (bicyclic) bond motifs is 3. The van der Waals surface area contributed by atoms with Gasteiger partial charge in [0, 0.05) is 25.0 Å². The van der Waals surface area contributed by atoms with Gasteiger partial charge in [-0.05, 0) is 42.5 Å². The highest BCUT2D eigenvalue weighted by molar-refractivity contribution is 5.86. The molecular weight excluding hydrogens is 424 g/mol. The van der Waals surface area contributed by atoms with Crippen molar-refractivity contribution >= 4 is 18.0 Å². The lowest BCUT2D eigenvalue weighted by Gasteiger charge is -2.28. The summed E-state index contributed by atoms with van der Waals surface area (Å²) in [5.74, 6) is -1.50. The number of hydrogen-bond acceptors (Lipinski definition) is 5. The molecule has 8 nitrogen and oxygen atoms in total. The fourth-order valence-electron chi connectivity index (χ4n) is 4.03. The summed E-state index contributed by atoms with van der Waals surface area (Å²) < 4.78 is 10.6. The average Bonchev–Trinajstić information content (AvgIpc) is 3.09. The van der Waals surface area contributed by atoms with Crippen LogP contribution in [-0.4, -0.2) is 55.0 Å². The Labute approximate surface area is 193 Å². The highest BCUT2D eigenvalue weighted by Gasteiger charge is 2.31. The second-order valence-electron chi connectivity index (χ2n) is 8.74. The van der Waals surface area contributed by atoms with Crippen molar-refractivity contribution in [3.05, 3.63) is 59.7 Å². The Morgan fingerprint density at radius 1 is 1.03 bits per heavy atom. The molecule has 0 spiro atoms. The number of rotatable bonds is 10. The number of ether oxygens (including phenoxy) is 2. The summed E-state index contributed by atoms with van der Waals surface area (Å²) in [4.78, 5) is 36.1. The van der Waals surface area contributed by atoms with Crippen molar-refractivity contribution in [1.29, 1.82) is 0 Å². The molecule has 2 amide bonds. The number of aliphatic carboxylic acids is 1. The van der Waals surface area contributed by atoms with Gasteiger partial charge in [0.2, 0.25) is 5.91 Å². The monoisotopic (exact) mass is 454 g/mol. The van der Waals surface area contributed by atoms with Gasteiger partial charge in [0.15, 0.2) is 0 Å². The first-order chi connectivity index (χ1) is 15.7. The third kappa shape index (κ3) is 6.10. The van der Waals surface area contributed by atoms with Crippen LogP contribution in [0.4, 0.5) is 4.79 Å². The number of amides is 2. The van der Waals surface area contributed by atoms with Crippen LogP contribution in [0, 0.1) is 0 Å². The van der Waals surface area contributed by atoms with Gasteiger partial charge in [-0.15, -0.1) is 0 Å². The van der Waals surface area contributed by atoms with Gasteiger partial charge in [-0.2, -0.15) is 0 Å². The predicted molar refractivity (Wildman–Crippen MR) is 123 cm³/mol. The van der Waals surface area contributed by atoms with Crippen LogP contribution in [0.2, 0.25) is 0 Å².